The zero-order valence-electron chi connectivity index (χ0n) is 13.4. The molecule has 0 aliphatic rings. The molecule has 0 aliphatic carbocycles. The van der Waals surface area contributed by atoms with E-state index in [9.17, 15) is 9.59 Å². The number of nitrogens with two attached hydrogens (primary N) is 2. The zero-order chi connectivity index (χ0) is 17.4. The van der Waals surface area contributed by atoms with E-state index in [1.165, 1.54) is 11.7 Å². The molecule has 6 heteroatoms. The van der Waals surface area contributed by atoms with Crippen LogP contribution in [0, 0.1) is 6.92 Å². The highest BCUT2D eigenvalue weighted by Crippen LogP contribution is 2.26. The lowest BCUT2D eigenvalue weighted by molar-refractivity contribution is 0.0600. The number of rotatable bonds is 2. The van der Waals surface area contributed by atoms with E-state index in [2.05, 4.69) is 0 Å². The second-order valence-electron chi connectivity index (χ2n) is 5.53. The third-order valence-corrected chi connectivity index (χ3v) is 3.91. The Kier molecular flexibility index (Phi) is 3.73. The highest BCUT2D eigenvalue weighted by molar-refractivity contribution is 6.04. The molecule has 24 heavy (non-hydrogen) atoms. The number of aryl methyl sites for hydroxylation is 1. The molecule has 3 aromatic rings. The molecule has 0 atom stereocenters. The lowest BCUT2D eigenvalue weighted by atomic mass is 10.1. The van der Waals surface area contributed by atoms with Crippen molar-refractivity contribution in [2.45, 2.75) is 6.92 Å². The Morgan fingerprint density at radius 1 is 1.08 bits per heavy atom. The number of carbonyl (C=O) groups is 1. The predicted octanol–water partition coefficient (Wildman–Crippen LogP) is 2.25. The van der Waals surface area contributed by atoms with Crippen LogP contribution < -0.4 is 17.0 Å². The fourth-order valence-electron chi connectivity index (χ4n) is 2.70. The first kappa shape index (κ1) is 15.6. The molecule has 0 unspecified atom stereocenters. The van der Waals surface area contributed by atoms with E-state index < -0.39 is 11.5 Å². The van der Waals surface area contributed by atoms with E-state index in [-0.39, 0.29) is 11.3 Å². The van der Waals surface area contributed by atoms with Gasteiger partial charge in [-0.05, 0) is 42.8 Å². The molecule has 0 saturated heterocycles. The number of hydrogen-bond acceptors (Lipinski definition) is 5. The number of ether oxygens (including phenoxy) is 1. The summed E-state index contributed by atoms with van der Waals surface area (Å²) in [6, 6.07) is 12.3. The molecule has 0 bridgehead atoms. The Morgan fingerprint density at radius 3 is 2.38 bits per heavy atom. The number of pyridine rings is 1. The van der Waals surface area contributed by atoms with E-state index in [4.69, 9.17) is 16.2 Å². The Balaban J connectivity index is 2.50. The zero-order valence-corrected chi connectivity index (χ0v) is 13.4. The van der Waals surface area contributed by atoms with Crippen molar-refractivity contribution >= 4 is 28.2 Å². The Bertz CT molecular complexity index is 1000. The summed E-state index contributed by atoms with van der Waals surface area (Å²) in [5.41, 5.74) is 14.0. The maximum atomic E-state index is 13.0. The maximum absolute atomic E-state index is 13.0. The normalized spacial score (nSPS) is 10.8. The molecule has 1 aromatic heterocycles. The first-order valence-electron chi connectivity index (χ1n) is 7.33. The van der Waals surface area contributed by atoms with Crippen molar-refractivity contribution in [2.75, 3.05) is 18.6 Å². The van der Waals surface area contributed by atoms with Gasteiger partial charge in [-0.2, -0.15) is 0 Å². The van der Waals surface area contributed by atoms with Crippen LogP contribution in [0.5, 0.6) is 0 Å². The molecular formula is C18H17N3O3. The topological polar surface area (TPSA) is 100 Å². The van der Waals surface area contributed by atoms with Gasteiger partial charge in [0.25, 0.3) is 5.56 Å². The van der Waals surface area contributed by atoms with Crippen LogP contribution in [0.4, 0.5) is 11.4 Å². The standard InChI is InChI=1S/C18H17N3O3/c1-10-3-8-13-14(9-10)21(12-6-4-11(19)5-7-12)17(22)15(16(13)20)18(23)24-2/h3-9H,19-20H2,1-2H3. The van der Waals surface area contributed by atoms with Gasteiger partial charge in [0.05, 0.1) is 18.3 Å². The molecule has 0 saturated carbocycles. The van der Waals surface area contributed by atoms with Gasteiger partial charge in [0.15, 0.2) is 0 Å². The molecule has 0 radical (unpaired) electrons. The van der Waals surface area contributed by atoms with Crippen molar-refractivity contribution < 1.29 is 9.53 Å². The molecule has 4 N–H and O–H groups in total. The van der Waals surface area contributed by atoms with E-state index in [0.717, 1.165) is 5.56 Å². The van der Waals surface area contributed by atoms with E-state index in [1.807, 2.05) is 19.1 Å². The molecule has 122 valence electrons. The summed E-state index contributed by atoms with van der Waals surface area (Å²) >= 11 is 0. The number of nitrogens with zero attached hydrogens (tertiary/aromatic N) is 1. The molecule has 2 aromatic carbocycles. The van der Waals surface area contributed by atoms with Gasteiger partial charge in [-0.25, -0.2) is 4.79 Å². The number of benzene rings is 2. The van der Waals surface area contributed by atoms with Crippen LogP contribution in [0.2, 0.25) is 0 Å². The predicted molar refractivity (Wildman–Crippen MR) is 94.4 cm³/mol. The van der Waals surface area contributed by atoms with Crippen molar-refractivity contribution in [3.05, 3.63) is 63.9 Å². The minimum Gasteiger partial charge on any atom is -0.465 e. The first-order valence-corrected chi connectivity index (χ1v) is 7.33. The molecule has 0 spiro atoms. The number of fused-ring (bicyclic) bond motifs is 1. The van der Waals surface area contributed by atoms with Crippen molar-refractivity contribution in [3.8, 4) is 5.69 Å². The second-order valence-corrected chi connectivity index (χ2v) is 5.53. The van der Waals surface area contributed by atoms with Crippen LogP contribution in [0.1, 0.15) is 15.9 Å². The van der Waals surface area contributed by atoms with E-state index in [0.29, 0.717) is 22.3 Å². The summed E-state index contributed by atoms with van der Waals surface area (Å²) in [6.07, 6.45) is 0. The minimum absolute atomic E-state index is 0.119. The molecule has 0 amide bonds. The van der Waals surface area contributed by atoms with Crippen molar-refractivity contribution in [2.24, 2.45) is 0 Å². The number of carbonyl (C=O) groups excluding carboxylic acids is 1. The number of methoxy groups -OCH3 is 1. The lowest BCUT2D eigenvalue weighted by Gasteiger charge is -2.15. The van der Waals surface area contributed by atoms with Gasteiger partial charge >= 0.3 is 5.97 Å². The van der Waals surface area contributed by atoms with E-state index >= 15 is 0 Å². The molecule has 3 rings (SSSR count). The van der Waals surface area contributed by atoms with Gasteiger partial charge in [-0.1, -0.05) is 12.1 Å². The molecular weight excluding hydrogens is 306 g/mol. The van der Waals surface area contributed by atoms with Crippen LogP contribution in [-0.2, 0) is 4.74 Å². The van der Waals surface area contributed by atoms with Crippen molar-refractivity contribution in [1.29, 1.82) is 0 Å². The average molecular weight is 323 g/mol. The number of anilines is 2. The fourth-order valence-corrected chi connectivity index (χ4v) is 2.70. The van der Waals surface area contributed by atoms with Crippen LogP contribution >= 0.6 is 0 Å². The van der Waals surface area contributed by atoms with Crippen LogP contribution in [0.15, 0.2) is 47.3 Å². The SMILES string of the molecule is COC(=O)c1c(N)c2ccc(C)cc2n(-c2ccc(N)cc2)c1=O. The van der Waals surface area contributed by atoms with Gasteiger partial charge in [0, 0.05) is 16.8 Å². The Morgan fingerprint density at radius 2 is 1.75 bits per heavy atom. The molecule has 0 fully saturated rings. The number of aromatic nitrogens is 1. The van der Waals surface area contributed by atoms with E-state index in [1.54, 1.807) is 30.3 Å². The third-order valence-electron chi connectivity index (χ3n) is 3.91. The van der Waals surface area contributed by atoms with Crippen LogP contribution in [0.3, 0.4) is 0 Å². The summed E-state index contributed by atoms with van der Waals surface area (Å²) in [7, 11) is 1.22. The third kappa shape index (κ3) is 2.38. The summed E-state index contributed by atoms with van der Waals surface area (Å²) < 4.78 is 6.18. The fraction of sp³-hybridized carbons (Fsp3) is 0.111. The number of esters is 1. The van der Waals surface area contributed by atoms with Gasteiger partial charge < -0.3 is 16.2 Å². The van der Waals surface area contributed by atoms with Crippen LogP contribution in [0.25, 0.3) is 16.6 Å². The minimum atomic E-state index is -0.760. The number of nitrogen functional groups attached to an aromatic ring is 2. The monoisotopic (exact) mass is 323 g/mol. The summed E-state index contributed by atoms with van der Waals surface area (Å²) in [5, 5.41) is 0.609. The largest absolute Gasteiger partial charge is 0.465 e. The molecule has 6 nitrogen and oxygen atoms in total. The molecule has 1 heterocycles. The Hall–Kier alpha value is -3.28. The quantitative estimate of drug-likeness (QED) is 0.556. The highest BCUT2D eigenvalue weighted by atomic mass is 16.5. The average Bonchev–Trinajstić information content (AvgIpc) is 2.56. The van der Waals surface area contributed by atoms with Gasteiger partial charge in [-0.15, -0.1) is 0 Å². The summed E-state index contributed by atoms with van der Waals surface area (Å²) in [6.45, 7) is 1.92. The number of hydrogen-bond donors (Lipinski definition) is 2. The first-order chi connectivity index (χ1) is 11.4. The van der Waals surface area contributed by atoms with Gasteiger partial charge in [-0.3, -0.25) is 9.36 Å². The van der Waals surface area contributed by atoms with Gasteiger partial charge in [0.2, 0.25) is 0 Å². The van der Waals surface area contributed by atoms with Crippen molar-refractivity contribution in [3.63, 3.8) is 0 Å². The summed E-state index contributed by atoms with van der Waals surface area (Å²) in [4.78, 5) is 25.0. The summed E-state index contributed by atoms with van der Waals surface area (Å²) in [5.74, 6) is -0.760. The van der Waals surface area contributed by atoms with Crippen LogP contribution in [-0.4, -0.2) is 17.6 Å². The smallest absolute Gasteiger partial charge is 0.345 e. The van der Waals surface area contributed by atoms with Crippen molar-refractivity contribution in [1.82, 2.24) is 4.57 Å². The second kappa shape index (κ2) is 5.73. The maximum Gasteiger partial charge on any atom is 0.345 e. The highest BCUT2D eigenvalue weighted by Gasteiger charge is 2.22. The van der Waals surface area contributed by atoms with Gasteiger partial charge in [0.1, 0.15) is 5.56 Å². The Labute approximate surface area is 138 Å². The lowest BCUT2D eigenvalue weighted by Crippen LogP contribution is -2.28. The molecule has 0 aliphatic heterocycles.